The van der Waals surface area contributed by atoms with Crippen LogP contribution in [-0.4, -0.2) is 4.98 Å². The van der Waals surface area contributed by atoms with E-state index in [2.05, 4.69) is 18.0 Å². The molecule has 3 heteroatoms. The summed E-state index contributed by atoms with van der Waals surface area (Å²) >= 11 is 1.74. The van der Waals surface area contributed by atoms with Crippen molar-refractivity contribution in [3.8, 4) is 0 Å². The zero-order valence-corrected chi connectivity index (χ0v) is 6.98. The Morgan fingerprint density at radius 1 is 1.45 bits per heavy atom. The monoisotopic (exact) mass is 164 g/mol. The lowest BCUT2D eigenvalue weighted by molar-refractivity contribution is 1.38. The smallest absolute Gasteiger partial charge is 0.123 e. The molecule has 0 aromatic carbocycles. The number of anilines is 1. The number of rotatable bonds is 0. The van der Waals surface area contributed by atoms with Gasteiger partial charge in [-0.2, -0.15) is 0 Å². The highest BCUT2D eigenvalue weighted by Gasteiger charge is 1.97. The van der Waals surface area contributed by atoms with Gasteiger partial charge >= 0.3 is 0 Å². The molecule has 0 amide bonds. The first-order valence-electron chi connectivity index (χ1n) is 3.37. The summed E-state index contributed by atoms with van der Waals surface area (Å²) < 4.78 is 1.21. The molecule has 0 atom stereocenters. The van der Waals surface area contributed by atoms with Crippen LogP contribution in [0.25, 0.3) is 10.1 Å². The summed E-state index contributed by atoms with van der Waals surface area (Å²) in [6, 6.07) is 4.02. The summed E-state index contributed by atoms with van der Waals surface area (Å²) in [6.45, 7) is 2.08. The van der Waals surface area contributed by atoms with E-state index in [4.69, 9.17) is 5.73 Å². The number of nitrogens with two attached hydrogens (primary N) is 1. The molecule has 2 N–H and O–H groups in total. The van der Waals surface area contributed by atoms with Crippen LogP contribution in [0.15, 0.2) is 18.3 Å². The quantitative estimate of drug-likeness (QED) is 0.648. The van der Waals surface area contributed by atoms with Crippen LogP contribution in [0, 0.1) is 6.92 Å². The molecule has 0 aliphatic rings. The molecule has 0 fully saturated rings. The summed E-state index contributed by atoms with van der Waals surface area (Å²) in [4.78, 5) is 5.31. The van der Waals surface area contributed by atoms with Crippen LogP contribution in [0.2, 0.25) is 0 Å². The topological polar surface area (TPSA) is 38.9 Å². The van der Waals surface area contributed by atoms with Crippen LogP contribution in [-0.2, 0) is 0 Å². The first kappa shape index (κ1) is 6.61. The molecule has 11 heavy (non-hydrogen) atoms. The van der Waals surface area contributed by atoms with Gasteiger partial charge in [0.2, 0.25) is 0 Å². The minimum absolute atomic E-state index is 0.593. The van der Waals surface area contributed by atoms with Crippen LogP contribution >= 0.6 is 11.3 Å². The Morgan fingerprint density at radius 2 is 2.27 bits per heavy atom. The van der Waals surface area contributed by atoms with Gasteiger partial charge in [-0.3, -0.25) is 0 Å². The largest absolute Gasteiger partial charge is 0.384 e. The number of thiophene rings is 1. The summed E-state index contributed by atoms with van der Waals surface area (Å²) in [5.74, 6) is 0.593. The van der Waals surface area contributed by atoms with Gasteiger partial charge in [-0.05, 0) is 24.4 Å². The number of pyridine rings is 1. The maximum absolute atomic E-state index is 5.53. The van der Waals surface area contributed by atoms with Crippen LogP contribution in [0.1, 0.15) is 4.88 Å². The maximum atomic E-state index is 5.53. The molecule has 2 heterocycles. The lowest BCUT2D eigenvalue weighted by Crippen LogP contribution is -1.86. The fourth-order valence-electron chi connectivity index (χ4n) is 1.10. The zero-order chi connectivity index (χ0) is 7.84. The van der Waals surface area contributed by atoms with E-state index in [0.717, 1.165) is 0 Å². The van der Waals surface area contributed by atoms with Crippen molar-refractivity contribution in [2.75, 3.05) is 5.73 Å². The highest BCUT2D eigenvalue weighted by molar-refractivity contribution is 7.18. The van der Waals surface area contributed by atoms with Gasteiger partial charge in [0.15, 0.2) is 0 Å². The molecule has 0 saturated carbocycles. The number of nitrogens with zero attached hydrogens (tertiary/aromatic N) is 1. The molecule has 2 nitrogen and oxygen atoms in total. The Kier molecular flexibility index (Phi) is 1.32. The Balaban J connectivity index is 2.82. The van der Waals surface area contributed by atoms with Crippen molar-refractivity contribution >= 4 is 27.2 Å². The Bertz CT molecular complexity index is 392. The molecule has 0 saturated heterocycles. The van der Waals surface area contributed by atoms with Gasteiger partial charge in [-0.1, -0.05) is 0 Å². The fraction of sp³-hybridized carbons (Fsp3) is 0.125. The SMILES string of the molecule is Cc1cc2cc(N)ncc2s1. The maximum Gasteiger partial charge on any atom is 0.123 e. The van der Waals surface area contributed by atoms with Crippen molar-refractivity contribution in [2.45, 2.75) is 6.92 Å². The normalized spacial score (nSPS) is 10.6. The van der Waals surface area contributed by atoms with Gasteiger partial charge in [0, 0.05) is 11.1 Å². The van der Waals surface area contributed by atoms with E-state index >= 15 is 0 Å². The molecule has 0 aliphatic heterocycles. The van der Waals surface area contributed by atoms with Crippen molar-refractivity contribution < 1.29 is 0 Å². The standard InChI is InChI=1S/C8H8N2S/c1-5-2-6-3-8(9)10-4-7(6)11-5/h2-4H,1H3,(H2,9,10). The lowest BCUT2D eigenvalue weighted by atomic mass is 10.3. The summed E-state index contributed by atoms with van der Waals surface area (Å²) in [6.07, 6.45) is 1.82. The van der Waals surface area contributed by atoms with Crippen molar-refractivity contribution in [1.29, 1.82) is 0 Å². The highest BCUT2D eigenvalue weighted by Crippen LogP contribution is 2.24. The number of nitrogen functional groups attached to an aromatic ring is 1. The second-order valence-corrected chi connectivity index (χ2v) is 3.79. The van der Waals surface area contributed by atoms with E-state index in [1.54, 1.807) is 11.3 Å². The van der Waals surface area contributed by atoms with Gasteiger partial charge in [-0.15, -0.1) is 11.3 Å². The molecule has 0 spiro atoms. The molecule has 0 radical (unpaired) electrons. The van der Waals surface area contributed by atoms with Gasteiger partial charge in [-0.25, -0.2) is 4.98 Å². The second-order valence-electron chi connectivity index (χ2n) is 2.50. The number of hydrogen-bond acceptors (Lipinski definition) is 3. The average Bonchev–Trinajstić information content (AvgIpc) is 2.27. The van der Waals surface area contributed by atoms with Crippen LogP contribution in [0.3, 0.4) is 0 Å². The predicted octanol–water partition coefficient (Wildman–Crippen LogP) is 2.19. The third kappa shape index (κ3) is 1.07. The van der Waals surface area contributed by atoms with E-state index < -0.39 is 0 Å². The zero-order valence-electron chi connectivity index (χ0n) is 6.16. The Morgan fingerprint density at radius 3 is 3.09 bits per heavy atom. The third-order valence-electron chi connectivity index (χ3n) is 1.55. The van der Waals surface area contributed by atoms with Gasteiger partial charge in [0.05, 0.1) is 4.70 Å². The first-order chi connectivity index (χ1) is 5.25. The molecule has 0 bridgehead atoms. The van der Waals surface area contributed by atoms with Crippen molar-refractivity contribution in [2.24, 2.45) is 0 Å². The van der Waals surface area contributed by atoms with Crippen molar-refractivity contribution in [3.05, 3.63) is 23.2 Å². The summed E-state index contributed by atoms with van der Waals surface area (Å²) in [5.41, 5.74) is 5.53. The molecular weight excluding hydrogens is 156 g/mol. The van der Waals surface area contributed by atoms with E-state index in [-0.39, 0.29) is 0 Å². The predicted molar refractivity (Wildman–Crippen MR) is 48.8 cm³/mol. The number of hydrogen-bond donors (Lipinski definition) is 1. The first-order valence-corrected chi connectivity index (χ1v) is 4.19. The average molecular weight is 164 g/mol. The number of aryl methyl sites for hydroxylation is 1. The van der Waals surface area contributed by atoms with Gasteiger partial charge in [0.1, 0.15) is 5.82 Å². The molecule has 0 aliphatic carbocycles. The molecular formula is C8H8N2S. The third-order valence-corrected chi connectivity index (χ3v) is 2.55. The highest BCUT2D eigenvalue weighted by atomic mass is 32.1. The van der Waals surface area contributed by atoms with E-state index in [1.165, 1.54) is 15.0 Å². The molecule has 56 valence electrons. The molecule has 2 aromatic heterocycles. The molecule has 2 rings (SSSR count). The van der Waals surface area contributed by atoms with Crippen LogP contribution < -0.4 is 5.73 Å². The fourth-order valence-corrected chi connectivity index (χ4v) is 1.97. The number of aromatic nitrogens is 1. The summed E-state index contributed by atoms with van der Waals surface area (Å²) in [5, 5.41) is 1.19. The van der Waals surface area contributed by atoms with Gasteiger partial charge < -0.3 is 5.73 Å². The minimum atomic E-state index is 0.593. The van der Waals surface area contributed by atoms with Crippen molar-refractivity contribution in [3.63, 3.8) is 0 Å². The Hall–Kier alpha value is -1.09. The van der Waals surface area contributed by atoms with E-state index in [0.29, 0.717) is 5.82 Å². The van der Waals surface area contributed by atoms with Gasteiger partial charge in [0.25, 0.3) is 0 Å². The minimum Gasteiger partial charge on any atom is -0.384 e. The van der Waals surface area contributed by atoms with Crippen molar-refractivity contribution in [1.82, 2.24) is 4.98 Å². The second kappa shape index (κ2) is 2.20. The Labute approximate surface area is 68.7 Å². The lowest BCUT2D eigenvalue weighted by Gasteiger charge is -1.89. The number of fused-ring (bicyclic) bond motifs is 1. The molecule has 2 aromatic rings. The van der Waals surface area contributed by atoms with E-state index in [9.17, 15) is 0 Å². The summed E-state index contributed by atoms with van der Waals surface area (Å²) in [7, 11) is 0. The molecule has 0 unspecified atom stereocenters. The van der Waals surface area contributed by atoms with Crippen LogP contribution in [0.4, 0.5) is 5.82 Å². The van der Waals surface area contributed by atoms with Crippen LogP contribution in [0.5, 0.6) is 0 Å². The van der Waals surface area contributed by atoms with E-state index in [1.807, 2.05) is 12.3 Å².